The Labute approximate surface area is 221 Å². The fraction of sp³-hybridized carbons (Fsp3) is 0.130. The molecule has 13 heteroatoms. The number of anilines is 3. The van der Waals surface area contributed by atoms with E-state index in [9.17, 15) is 5.26 Å². The van der Waals surface area contributed by atoms with Crippen molar-refractivity contribution in [1.29, 1.82) is 10.5 Å². The summed E-state index contributed by atoms with van der Waals surface area (Å²) in [5.41, 5.74) is 14.2. The van der Waals surface area contributed by atoms with Crippen LogP contribution in [0.25, 0.3) is 0 Å². The molecule has 1 aliphatic rings. The van der Waals surface area contributed by atoms with Crippen LogP contribution in [0.3, 0.4) is 0 Å². The van der Waals surface area contributed by atoms with Gasteiger partial charge in [-0.15, -0.1) is 0 Å². The summed E-state index contributed by atoms with van der Waals surface area (Å²) in [6.45, 7) is 0.0679. The highest BCUT2D eigenvalue weighted by molar-refractivity contribution is 6.43. The van der Waals surface area contributed by atoms with E-state index >= 15 is 0 Å². The molecule has 3 aromatic rings. The maximum atomic E-state index is 9.52. The van der Waals surface area contributed by atoms with Crippen LogP contribution in [0.15, 0.2) is 35.3 Å². The van der Waals surface area contributed by atoms with Gasteiger partial charge in [-0.1, -0.05) is 40.9 Å². The minimum atomic E-state index is -0.726. The van der Waals surface area contributed by atoms with Gasteiger partial charge in [0.05, 0.1) is 27.9 Å². The molecule has 0 radical (unpaired) electrons. The van der Waals surface area contributed by atoms with E-state index in [4.69, 9.17) is 61.0 Å². The molecule has 2 heterocycles. The fourth-order valence-electron chi connectivity index (χ4n) is 3.67. The van der Waals surface area contributed by atoms with Gasteiger partial charge >= 0.3 is 0 Å². The fourth-order valence-corrected chi connectivity index (χ4v) is 4.27. The van der Waals surface area contributed by atoms with E-state index in [1.165, 1.54) is 19.2 Å². The number of nitrogens with one attached hydrogen (secondary N) is 2. The van der Waals surface area contributed by atoms with Crippen LogP contribution >= 0.6 is 34.8 Å². The van der Waals surface area contributed by atoms with E-state index in [0.29, 0.717) is 43.3 Å². The summed E-state index contributed by atoms with van der Waals surface area (Å²) >= 11 is 18.3. The molecule has 1 aromatic heterocycles. The number of aromatic nitrogens is 1. The van der Waals surface area contributed by atoms with Crippen LogP contribution in [0.5, 0.6) is 11.5 Å². The molecule has 0 bridgehead atoms. The van der Waals surface area contributed by atoms with E-state index in [0.717, 1.165) is 0 Å². The molecule has 2 aromatic carbocycles. The van der Waals surface area contributed by atoms with Crippen molar-refractivity contribution in [1.82, 2.24) is 10.3 Å². The molecule has 0 saturated heterocycles. The summed E-state index contributed by atoms with van der Waals surface area (Å²) < 4.78 is 11.4. The summed E-state index contributed by atoms with van der Waals surface area (Å²) in [6, 6.07) is 9.59. The number of hydrogen-bond donors (Lipinski definition) is 4. The van der Waals surface area contributed by atoms with E-state index in [-0.39, 0.29) is 35.5 Å². The van der Waals surface area contributed by atoms with Gasteiger partial charge in [-0.3, -0.25) is 5.32 Å². The third-order valence-electron chi connectivity index (χ3n) is 5.34. The lowest BCUT2D eigenvalue weighted by Gasteiger charge is -2.26. The largest absolute Gasteiger partial charge is 0.496 e. The van der Waals surface area contributed by atoms with Gasteiger partial charge in [0.25, 0.3) is 0 Å². The zero-order valence-electron chi connectivity index (χ0n) is 18.6. The number of benzene rings is 2. The summed E-state index contributed by atoms with van der Waals surface area (Å²) in [4.78, 5) is 8.82. The Morgan fingerprint density at radius 2 is 1.83 bits per heavy atom. The Morgan fingerprint density at radius 3 is 2.53 bits per heavy atom. The van der Waals surface area contributed by atoms with E-state index in [1.54, 1.807) is 18.2 Å². The van der Waals surface area contributed by atoms with Crippen LogP contribution in [0.4, 0.5) is 17.3 Å². The smallest absolute Gasteiger partial charge is 0.211 e. The molecule has 36 heavy (non-hydrogen) atoms. The minimum absolute atomic E-state index is 0.0405. The number of aliphatic imine (C=N–C) groups is 1. The zero-order valence-corrected chi connectivity index (χ0v) is 20.8. The standard InChI is InChI=1S/C23H17Cl3N8O2/c1-35-16-3-2-10(4-11(16)8-36-17-6-14(25)13(24)5-15(17)26)20-18-19(29)12(7-27)21(30)33-22(18)34-23(32-20)31-9-28/h2-6,20H,8H2,1H3,(H6,29,30,31,32,33,34). The molecule has 0 saturated carbocycles. The quantitative estimate of drug-likeness (QED) is 0.204. The molecular formula is C23H17Cl3N8O2. The number of hydrogen-bond acceptors (Lipinski definition) is 10. The van der Waals surface area contributed by atoms with Crippen molar-refractivity contribution in [2.24, 2.45) is 4.99 Å². The lowest BCUT2D eigenvalue weighted by Crippen LogP contribution is -2.32. The lowest BCUT2D eigenvalue weighted by molar-refractivity contribution is 0.296. The normalized spacial score (nSPS) is 13.9. The van der Waals surface area contributed by atoms with E-state index in [2.05, 4.69) is 20.6 Å². The van der Waals surface area contributed by atoms with Crippen molar-refractivity contribution in [2.75, 3.05) is 23.9 Å². The molecule has 10 nitrogen and oxygen atoms in total. The molecule has 4 rings (SSSR count). The monoisotopic (exact) mass is 542 g/mol. The second-order valence-corrected chi connectivity index (χ2v) is 8.68. The van der Waals surface area contributed by atoms with Crippen LogP contribution < -0.4 is 31.6 Å². The van der Waals surface area contributed by atoms with E-state index < -0.39 is 6.04 Å². The van der Waals surface area contributed by atoms with Gasteiger partial charge in [-0.25, -0.2) is 9.98 Å². The molecule has 0 aliphatic carbocycles. The average Bonchev–Trinajstić information content (AvgIpc) is 2.85. The number of fused-ring (bicyclic) bond motifs is 1. The summed E-state index contributed by atoms with van der Waals surface area (Å²) in [6.07, 6.45) is 1.82. The highest BCUT2D eigenvalue weighted by Gasteiger charge is 2.30. The summed E-state index contributed by atoms with van der Waals surface area (Å²) in [5.74, 6) is 1.26. The molecule has 1 atom stereocenters. The lowest BCUT2D eigenvalue weighted by atomic mass is 9.94. The third kappa shape index (κ3) is 4.70. The van der Waals surface area contributed by atoms with Crippen LogP contribution in [-0.2, 0) is 6.61 Å². The first-order valence-electron chi connectivity index (χ1n) is 10.2. The van der Waals surface area contributed by atoms with Crippen molar-refractivity contribution in [2.45, 2.75) is 12.6 Å². The third-order valence-corrected chi connectivity index (χ3v) is 6.35. The first-order valence-corrected chi connectivity index (χ1v) is 11.3. The van der Waals surface area contributed by atoms with Crippen LogP contribution in [0.1, 0.15) is 28.3 Å². The van der Waals surface area contributed by atoms with Crippen LogP contribution in [0, 0.1) is 22.8 Å². The molecule has 6 N–H and O–H groups in total. The molecule has 0 fully saturated rings. The second-order valence-electron chi connectivity index (χ2n) is 7.46. The van der Waals surface area contributed by atoms with Crippen molar-refractivity contribution < 1.29 is 9.47 Å². The minimum Gasteiger partial charge on any atom is -0.496 e. The highest BCUT2D eigenvalue weighted by atomic mass is 35.5. The number of methoxy groups -OCH3 is 1. The second kappa shape index (κ2) is 10.3. The SMILES string of the molecule is COc1ccc(C2N=C(NC#N)Nc3nc(N)c(C#N)c(N)c32)cc1COc1cc(Cl)c(Cl)cc1Cl. The summed E-state index contributed by atoms with van der Waals surface area (Å²) in [5, 5.41) is 24.9. The van der Waals surface area contributed by atoms with Gasteiger partial charge in [-0.05, 0) is 23.8 Å². The van der Waals surface area contributed by atoms with Crippen molar-refractivity contribution in [3.05, 3.63) is 67.7 Å². The van der Waals surface area contributed by atoms with Crippen molar-refractivity contribution in [3.63, 3.8) is 0 Å². The van der Waals surface area contributed by atoms with Gasteiger partial charge < -0.3 is 26.3 Å². The van der Waals surface area contributed by atoms with Crippen molar-refractivity contribution >= 4 is 58.1 Å². The van der Waals surface area contributed by atoms with Gasteiger partial charge in [0.1, 0.15) is 47.4 Å². The Morgan fingerprint density at radius 1 is 1.08 bits per heavy atom. The number of halogens is 3. The highest BCUT2D eigenvalue weighted by Crippen LogP contribution is 2.41. The topological polar surface area (TPSA) is 167 Å². The number of nitrogen functional groups attached to an aromatic ring is 2. The van der Waals surface area contributed by atoms with Crippen LogP contribution in [-0.4, -0.2) is 18.1 Å². The molecular weight excluding hydrogens is 527 g/mol. The number of guanidine groups is 1. The maximum Gasteiger partial charge on any atom is 0.211 e. The molecule has 0 amide bonds. The molecule has 0 spiro atoms. The molecule has 1 unspecified atom stereocenters. The van der Waals surface area contributed by atoms with Crippen LogP contribution in [0.2, 0.25) is 15.1 Å². The Balaban J connectivity index is 1.78. The maximum absolute atomic E-state index is 9.52. The summed E-state index contributed by atoms with van der Waals surface area (Å²) in [7, 11) is 1.53. The van der Waals surface area contributed by atoms with Gasteiger partial charge in [0.15, 0.2) is 6.19 Å². The number of nitrogens with zero attached hydrogens (tertiary/aromatic N) is 4. The predicted octanol–water partition coefficient (Wildman–Crippen LogP) is 4.61. The average molecular weight is 544 g/mol. The predicted molar refractivity (Wildman–Crippen MR) is 138 cm³/mol. The molecule has 1 aliphatic heterocycles. The van der Waals surface area contributed by atoms with Gasteiger partial charge in [0.2, 0.25) is 5.96 Å². The Hall–Kier alpha value is -4.09. The van der Waals surface area contributed by atoms with Gasteiger partial charge in [0, 0.05) is 17.2 Å². The number of rotatable bonds is 5. The number of pyridine rings is 1. The number of ether oxygens (including phenoxy) is 2. The number of nitrogens with two attached hydrogens (primary N) is 2. The van der Waals surface area contributed by atoms with E-state index in [1.807, 2.05) is 12.3 Å². The van der Waals surface area contributed by atoms with Gasteiger partial charge in [-0.2, -0.15) is 10.5 Å². The first-order chi connectivity index (χ1) is 17.3. The first kappa shape index (κ1) is 25.0. The Bertz CT molecular complexity index is 1480. The zero-order chi connectivity index (χ0) is 26.0. The number of nitriles is 2. The van der Waals surface area contributed by atoms with Crippen molar-refractivity contribution in [3.8, 4) is 23.8 Å². The Kier molecular flexibility index (Phi) is 7.13. The molecule has 182 valence electrons.